The van der Waals surface area contributed by atoms with E-state index in [4.69, 9.17) is 9.47 Å². The number of hydrazine groups is 1. The quantitative estimate of drug-likeness (QED) is 0.309. The van der Waals surface area contributed by atoms with Gasteiger partial charge in [-0.05, 0) is 51.9 Å². The largest absolute Gasteiger partial charge is 0.444 e. The molecule has 2 aliphatic rings. The van der Waals surface area contributed by atoms with Gasteiger partial charge in [-0.3, -0.25) is 29.4 Å². The van der Waals surface area contributed by atoms with E-state index in [1.54, 1.807) is 20.8 Å². The monoisotopic (exact) mass is 496 g/mol. The topological polar surface area (TPSA) is 160 Å². The minimum Gasteiger partial charge on any atom is -0.444 e. The highest BCUT2D eigenvalue weighted by Gasteiger charge is 2.39. The fourth-order valence-corrected chi connectivity index (χ4v) is 3.85. The maximum atomic E-state index is 13.2. The fraction of sp³-hybridized carbons (Fsp3) is 0.739. The van der Waals surface area contributed by atoms with Crippen LogP contribution in [0, 0.1) is 11.8 Å². The first-order chi connectivity index (χ1) is 16.3. The summed E-state index contributed by atoms with van der Waals surface area (Å²) in [6.45, 7) is 9.52. The smallest absolute Gasteiger partial charge is 0.408 e. The van der Waals surface area contributed by atoms with Crippen LogP contribution in [0.3, 0.4) is 0 Å². The highest BCUT2D eigenvalue weighted by Crippen LogP contribution is 2.21. The number of imide groups is 1. The normalized spacial score (nSPS) is 18.7. The Kier molecular flexibility index (Phi) is 9.75. The number of ketones is 1. The van der Waals surface area contributed by atoms with Gasteiger partial charge in [0.15, 0.2) is 0 Å². The first kappa shape index (κ1) is 28.2. The van der Waals surface area contributed by atoms with Crippen LogP contribution < -0.4 is 16.1 Å². The average molecular weight is 497 g/mol. The lowest BCUT2D eigenvalue weighted by Crippen LogP contribution is -2.59. The Bertz CT molecular complexity index is 829. The van der Waals surface area contributed by atoms with E-state index < -0.39 is 59.1 Å². The molecule has 2 saturated heterocycles. The fourth-order valence-electron chi connectivity index (χ4n) is 3.85. The lowest BCUT2D eigenvalue weighted by atomic mass is 9.88. The van der Waals surface area contributed by atoms with Crippen molar-refractivity contribution in [1.82, 2.24) is 21.1 Å². The lowest BCUT2D eigenvalue weighted by molar-refractivity contribution is -0.152. The summed E-state index contributed by atoms with van der Waals surface area (Å²) in [4.78, 5) is 74.9. The number of carbonyl (C=O) groups excluding carboxylic acids is 6. The van der Waals surface area contributed by atoms with Gasteiger partial charge in [0.1, 0.15) is 17.7 Å². The molecule has 2 heterocycles. The zero-order chi connectivity index (χ0) is 26.3. The van der Waals surface area contributed by atoms with Gasteiger partial charge in [0, 0.05) is 26.1 Å². The second kappa shape index (κ2) is 12.1. The van der Waals surface area contributed by atoms with Crippen molar-refractivity contribution in [3.05, 3.63) is 0 Å². The molecule has 0 aliphatic carbocycles. The van der Waals surface area contributed by atoms with Gasteiger partial charge in [0.05, 0.1) is 0 Å². The molecule has 12 nitrogen and oxygen atoms in total. The molecule has 0 spiro atoms. The van der Waals surface area contributed by atoms with Crippen LogP contribution in [0.25, 0.3) is 0 Å². The van der Waals surface area contributed by atoms with E-state index in [0.29, 0.717) is 31.1 Å². The van der Waals surface area contributed by atoms with Gasteiger partial charge in [0.25, 0.3) is 0 Å². The Labute approximate surface area is 204 Å². The number of carbonyl (C=O) groups is 6. The molecular weight excluding hydrogens is 460 g/mol. The molecule has 35 heavy (non-hydrogen) atoms. The van der Waals surface area contributed by atoms with E-state index in [-0.39, 0.29) is 25.2 Å². The van der Waals surface area contributed by atoms with Crippen molar-refractivity contribution in [2.45, 2.75) is 84.4 Å². The molecule has 0 aromatic heterocycles. The number of hydrogen-bond acceptors (Lipinski definition) is 8. The zero-order valence-electron chi connectivity index (χ0n) is 21.0. The summed E-state index contributed by atoms with van der Waals surface area (Å²) in [6, 6.07) is -2.24. The predicted molar refractivity (Wildman–Crippen MR) is 122 cm³/mol. The maximum absolute atomic E-state index is 13.2. The Morgan fingerprint density at radius 2 is 1.60 bits per heavy atom. The second-order valence-corrected chi connectivity index (χ2v) is 10.2. The number of ether oxygens (including phenoxy) is 2. The summed E-state index contributed by atoms with van der Waals surface area (Å²) in [5.41, 5.74) is 1.29. The number of Topliss-reactive ketones (excluding diaryl/α,β-unsaturated/α-hetero) is 1. The first-order valence-corrected chi connectivity index (χ1v) is 11.9. The van der Waals surface area contributed by atoms with Crippen molar-refractivity contribution in [2.24, 2.45) is 11.8 Å². The van der Waals surface area contributed by atoms with Gasteiger partial charge in [0.2, 0.25) is 23.5 Å². The van der Waals surface area contributed by atoms with Crippen LogP contribution >= 0.6 is 0 Å². The summed E-state index contributed by atoms with van der Waals surface area (Å²) in [6.07, 6.45) is 0.208. The van der Waals surface area contributed by atoms with E-state index in [1.807, 2.05) is 13.8 Å². The van der Waals surface area contributed by atoms with E-state index in [0.717, 1.165) is 0 Å². The highest BCUT2D eigenvalue weighted by molar-refractivity contribution is 6.39. The zero-order valence-corrected chi connectivity index (χ0v) is 21.0. The van der Waals surface area contributed by atoms with Gasteiger partial charge >= 0.3 is 12.0 Å². The van der Waals surface area contributed by atoms with Crippen LogP contribution in [0.5, 0.6) is 0 Å². The maximum Gasteiger partial charge on any atom is 0.408 e. The molecular formula is C23H36N4O8. The Morgan fingerprint density at radius 3 is 2.11 bits per heavy atom. The molecule has 2 atom stereocenters. The molecule has 2 fully saturated rings. The number of hydrogen-bond donors (Lipinski definition) is 3. The standard InChI is InChI=1S/C23H36N4O8/c1-13(2)12-15(24-22(33)35-23(3,4)5)20(31)25-18(14-8-10-34-11-9-14)19(30)21(32)26-27-16(28)6-7-17(27)29/h13-15,18H,6-12H2,1-5H3,(H,24,33)(H,25,31)(H,26,32)/t15-,18?/m0/s1. The van der Waals surface area contributed by atoms with Crippen LogP contribution in [0.2, 0.25) is 0 Å². The summed E-state index contributed by atoms with van der Waals surface area (Å²) in [7, 11) is 0. The average Bonchev–Trinajstić information content (AvgIpc) is 3.07. The molecule has 0 aromatic rings. The summed E-state index contributed by atoms with van der Waals surface area (Å²) in [5, 5.41) is 5.71. The molecule has 5 amide bonds. The Morgan fingerprint density at radius 1 is 1.03 bits per heavy atom. The summed E-state index contributed by atoms with van der Waals surface area (Å²) < 4.78 is 10.6. The first-order valence-electron chi connectivity index (χ1n) is 11.9. The lowest BCUT2D eigenvalue weighted by Gasteiger charge is -2.31. The third kappa shape index (κ3) is 8.61. The molecule has 0 saturated carbocycles. The third-order valence-electron chi connectivity index (χ3n) is 5.52. The summed E-state index contributed by atoms with van der Waals surface area (Å²) >= 11 is 0. The molecule has 0 bridgehead atoms. The molecule has 12 heteroatoms. The van der Waals surface area contributed by atoms with Gasteiger partial charge in [-0.25, -0.2) is 4.79 Å². The van der Waals surface area contributed by atoms with Crippen LogP contribution in [-0.4, -0.2) is 71.4 Å². The van der Waals surface area contributed by atoms with Crippen molar-refractivity contribution >= 4 is 35.5 Å². The van der Waals surface area contributed by atoms with Gasteiger partial charge in [-0.1, -0.05) is 13.8 Å². The summed E-state index contributed by atoms with van der Waals surface area (Å²) in [5.74, 6) is -4.41. The van der Waals surface area contributed by atoms with Crippen LogP contribution in [0.15, 0.2) is 0 Å². The minimum absolute atomic E-state index is 0.0217. The van der Waals surface area contributed by atoms with Crippen LogP contribution in [0.4, 0.5) is 4.79 Å². The molecule has 2 rings (SSSR count). The highest BCUT2D eigenvalue weighted by atomic mass is 16.6. The third-order valence-corrected chi connectivity index (χ3v) is 5.52. The Balaban J connectivity index is 2.18. The molecule has 0 radical (unpaired) electrons. The number of rotatable bonds is 9. The van der Waals surface area contributed by atoms with Crippen LogP contribution in [-0.2, 0) is 33.4 Å². The van der Waals surface area contributed by atoms with Crippen molar-refractivity contribution in [3.8, 4) is 0 Å². The molecule has 0 aromatic carbocycles. The number of nitrogens with one attached hydrogen (secondary N) is 3. The minimum atomic E-state index is -1.23. The van der Waals surface area contributed by atoms with Crippen molar-refractivity contribution in [2.75, 3.05) is 13.2 Å². The molecule has 196 valence electrons. The van der Waals surface area contributed by atoms with E-state index in [9.17, 15) is 28.8 Å². The molecule has 1 unspecified atom stereocenters. The van der Waals surface area contributed by atoms with Crippen molar-refractivity contribution in [1.29, 1.82) is 0 Å². The van der Waals surface area contributed by atoms with Gasteiger partial charge in [-0.2, -0.15) is 5.01 Å². The van der Waals surface area contributed by atoms with E-state index in [2.05, 4.69) is 16.1 Å². The number of alkyl carbamates (subject to hydrolysis) is 1. The number of amides is 5. The Hall–Kier alpha value is -3.02. The number of nitrogens with zero attached hydrogens (tertiary/aromatic N) is 1. The molecule has 3 N–H and O–H groups in total. The van der Waals surface area contributed by atoms with Gasteiger partial charge < -0.3 is 20.1 Å². The van der Waals surface area contributed by atoms with Crippen molar-refractivity contribution in [3.63, 3.8) is 0 Å². The van der Waals surface area contributed by atoms with E-state index in [1.165, 1.54) is 0 Å². The van der Waals surface area contributed by atoms with Crippen LogP contribution in [0.1, 0.15) is 66.7 Å². The second-order valence-electron chi connectivity index (χ2n) is 10.2. The van der Waals surface area contributed by atoms with Gasteiger partial charge in [-0.15, -0.1) is 0 Å². The predicted octanol–water partition coefficient (Wildman–Crippen LogP) is 0.587. The molecule has 2 aliphatic heterocycles. The SMILES string of the molecule is CC(C)C[C@H](NC(=O)OC(C)(C)C)C(=O)NC(C(=O)C(=O)NN1C(=O)CCC1=O)C1CCOCC1. The van der Waals surface area contributed by atoms with Crippen molar-refractivity contribution < 1.29 is 38.2 Å². The van der Waals surface area contributed by atoms with E-state index >= 15 is 0 Å².